The zero-order valence-corrected chi connectivity index (χ0v) is 13.9. The maximum atomic E-state index is 13.7. The van der Waals surface area contributed by atoms with Crippen molar-refractivity contribution in [2.24, 2.45) is 0 Å². The molecule has 2 N–H and O–H groups in total. The minimum absolute atomic E-state index is 0.138. The quantitative estimate of drug-likeness (QED) is 0.740. The van der Waals surface area contributed by atoms with Crippen LogP contribution < -0.4 is 10.7 Å². The molecule has 134 valence electrons. The Morgan fingerprint density at radius 2 is 2.07 bits per heavy atom. The normalized spacial score (nSPS) is 10.2. The largest absolute Gasteiger partial charge is 0.465 e. The van der Waals surface area contributed by atoms with Crippen molar-refractivity contribution in [1.82, 2.24) is 9.78 Å². The molecule has 2 aromatic carbocycles. The van der Waals surface area contributed by atoms with Crippen molar-refractivity contribution in [2.75, 3.05) is 5.32 Å². The van der Waals surface area contributed by atoms with Crippen molar-refractivity contribution >= 4 is 11.8 Å². The first-order valence-corrected chi connectivity index (χ1v) is 7.83. The molecule has 0 atom stereocenters. The Morgan fingerprint density at radius 1 is 1.26 bits per heavy atom. The number of hydrogen-bond acceptors (Lipinski definition) is 4. The van der Waals surface area contributed by atoms with Gasteiger partial charge in [0.05, 0.1) is 17.3 Å². The van der Waals surface area contributed by atoms with Crippen molar-refractivity contribution < 1.29 is 14.3 Å². The van der Waals surface area contributed by atoms with Gasteiger partial charge in [0.2, 0.25) is 5.43 Å². The van der Waals surface area contributed by atoms with Crippen molar-refractivity contribution in [1.29, 1.82) is 5.26 Å². The van der Waals surface area contributed by atoms with Crippen LogP contribution in [0.25, 0.3) is 5.69 Å². The summed E-state index contributed by atoms with van der Waals surface area (Å²) >= 11 is 0. The number of carbonyl (C=O) groups is 1. The topological polar surface area (TPSA) is 108 Å². The average molecular weight is 364 g/mol. The Balaban J connectivity index is 1.95. The van der Waals surface area contributed by atoms with E-state index in [0.29, 0.717) is 16.9 Å². The molecule has 0 aliphatic rings. The number of anilines is 1. The molecule has 0 unspecified atom stereocenters. The third-order valence-electron chi connectivity index (χ3n) is 3.71. The van der Waals surface area contributed by atoms with Gasteiger partial charge in [-0.3, -0.25) is 10.1 Å². The number of rotatable bonds is 4. The highest BCUT2D eigenvalue weighted by Gasteiger charge is 2.08. The lowest BCUT2D eigenvalue weighted by Gasteiger charge is -2.09. The van der Waals surface area contributed by atoms with Gasteiger partial charge in [-0.15, -0.1) is 0 Å². The first-order valence-electron chi connectivity index (χ1n) is 7.83. The molecule has 27 heavy (non-hydrogen) atoms. The summed E-state index contributed by atoms with van der Waals surface area (Å²) in [4.78, 5) is 22.9. The van der Waals surface area contributed by atoms with Crippen molar-refractivity contribution in [3.8, 4) is 11.8 Å². The van der Waals surface area contributed by atoms with Gasteiger partial charge in [0.1, 0.15) is 11.5 Å². The molecule has 0 bridgehead atoms. The second-order valence-corrected chi connectivity index (χ2v) is 5.69. The lowest BCUT2D eigenvalue weighted by atomic mass is 10.1. The molecule has 7 nitrogen and oxygen atoms in total. The van der Waals surface area contributed by atoms with E-state index in [1.54, 1.807) is 24.3 Å². The van der Waals surface area contributed by atoms with Crippen molar-refractivity contribution in [3.63, 3.8) is 0 Å². The molecular weight excluding hydrogens is 351 g/mol. The number of nitriles is 1. The summed E-state index contributed by atoms with van der Waals surface area (Å²) in [6.45, 7) is 0. The summed E-state index contributed by atoms with van der Waals surface area (Å²) in [6, 6.07) is 13.5. The van der Waals surface area contributed by atoms with E-state index in [-0.39, 0.29) is 23.1 Å². The van der Waals surface area contributed by atoms with E-state index >= 15 is 0 Å². The number of amides is 1. The highest BCUT2D eigenvalue weighted by molar-refractivity contribution is 5.82. The van der Waals surface area contributed by atoms with E-state index in [0.717, 1.165) is 6.07 Å². The van der Waals surface area contributed by atoms with Gasteiger partial charge in [0.25, 0.3) is 0 Å². The molecular formula is C19H13FN4O3. The lowest BCUT2D eigenvalue weighted by molar-refractivity contribution is 0.210. The first kappa shape index (κ1) is 17.8. The minimum atomic E-state index is -1.19. The molecule has 1 amide bonds. The molecule has 0 aliphatic heterocycles. The number of nitrogens with zero attached hydrogens (tertiary/aromatic N) is 3. The van der Waals surface area contributed by atoms with Crippen LogP contribution in [0, 0.1) is 17.1 Å². The van der Waals surface area contributed by atoms with Crippen LogP contribution in [0.1, 0.15) is 16.8 Å². The van der Waals surface area contributed by atoms with E-state index < -0.39 is 11.9 Å². The Labute approximate surface area is 152 Å². The molecule has 0 saturated heterocycles. The number of nitrogens with one attached hydrogen (secondary N) is 1. The number of benzene rings is 2. The smallest absolute Gasteiger partial charge is 0.409 e. The van der Waals surface area contributed by atoms with Crippen LogP contribution in [-0.2, 0) is 6.42 Å². The fraction of sp³-hybridized carbons (Fsp3) is 0.0526. The van der Waals surface area contributed by atoms with Crippen LogP contribution >= 0.6 is 0 Å². The Morgan fingerprint density at radius 3 is 2.81 bits per heavy atom. The van der Waals surface area contributed by atoms with Gasteiger partial charge in [-0.1, -0.05) is 12.1 Å². The first-order chi connectivity index (χ1) is 12.9. The third-order valence-corrected chi connectivity index (χ3v) is 3.71. The highest BCUT2D eigenvalue weighted by atomic mass is 19.1. The SMILES string of the molecule is N#Cc1cc(F)cc(-n2ccc(=O)c(Cc3cccc(NC(=O)O)c3)n2)c1. The van der Waals surface area contributed by atoms with Gasteiger partial charge in [-0.2, -0.15) is 10.4 Å². The fourth-order valence-corrected chi connectivity index (χ4v) is 2.56. The fourth-order valence-electron chi connectivity index (χ4n) is 2.56. The minimum Gasteiger partial charge on any atom is -0.465 e. The predicted octanol–water partition coefficient (Wildman–Crippen LogP) is 2.92. The monoisotopic (exact) mass is 364 g/mol. The Bertz CT molecular complexity index is 1120. The van der Waals surface area contributed by atoms with Gasteiger partial charge in [0, 0.05) is 24.4 Å². The summed E-state index contributed by atoms with van der Waals surface area (Å²) in [7, 11) is 0. The lowest BCUT2D eigenvalue weighted by Crippen LogP contribution is -2.16. The third kappa shape index (κ3) is 4.35. The molecule has 0 fully saturated rings. The Kier molecular flexibility index (Phi) is 4.95. The summed E-state index contributed by atoms with van der Waals surface area (Å²) in [6.07, 6.45) is 0.367. The van der Waals surface area contributed by atoms with Crippen molar-refractivity contribution in [2.45, 2.75) is 6.42 Å². The maximum Gasteiger partial charge on any atom is 0.409 e. The molecule has 0 aliphatic carbocycles. The van der Waals surface area contributed by atoms with Crippen LogP contribution in [0.3, 0.4) is 0 Å². The zero-order valence-electron chi connectivity index (χ0n) is 13.9. The molecule has 0 saturated carbocycles. The van der Waals surface area contributed by atoms with Gasteiger partial charge in [-0.05, 0) is 35.9 Å². The van der Waals surface area contributed by atoms with Crippen LogP contribution in [0.2, 0.25) is 0 Å². The number of halogens is 1. The van der Waals surface area contributed by atoms with Gasteiger partial charge in [-0.25, -0.2) is 13.9 Å². The van der Waals surface area contributed by atoms with E-state index in [2.05, 4.69) is 10.4 Å². The van der Waals surface area contributed by atoms with Gasteiger partial charge >= 0.3 is 6.09 Å². The van der Waals surface area contributed by atoms with E-state index in [1.165, 1.54) is 29.1 Å². The Hall–Kier alpha value is -3.99. The standard InChI is InChI=1S/C19H13FN4O3/c20-14-6-13(11-21)8-16(10-14)24-5-4-18(25)17(23-24)9-12-2-1-3-15(7-12)22-19(26)27/h1-8,10,22H,9H2,(H,26,27). The number of aromatic nitrogens is 2. The molecule has 3 aromatic rings. The van der Waals surface area contributed by atoms with E-state index in [4.69, 9.17) is 10.4 Å². The van der Waals surface area contributed by atoms with E-state index in [1.807, 2.05) is 6.07 Å². The summed E-state index contributed by atoms with van der Waals surface area (Å²) < 4.78 is 15.0. The van der Waals surface area contributed by atoms with Gasteiger partial charge < -0.3 is 5.11 Å². The summed E-state index contributed by atoms with van der Waals surface area (Å²) in [5.41, 5.74) is 1.40. The molecule has 0 radical (unpaired) electrons. The number of hydrogen-bond donors (Lipinski definition) is 2. The van der Waals surface area contributed by atoms with Crippen LogP contribution in [0.15, 0.2) is 59.5 Å². The van der Waals surface area contributed by atoms with Gasteiger partial charge in [0.15, 0.2) is 0 Å². The molecule has 8 heteroatoms. The maximum absolute atomic E-state index is 13.7. The predicted molar refractivity (Wildman–Crippen MR) is 95.4 cm³/mol. The van der Waals surface area contributed by atoms with Crippen LogP contribution in [0.5, 0.6) is 0 Å². The molecule has 3 rings (SSSR count). The second-order valence-electron chi connectivity index (χ2n) is 5.69. The van der Waals surface area contributed by atoms with Crippen LogP contribution in [-0.4, -0.2) is 21.0 Å². The molecule has 0 spiro atoms. The van der Waals surface area contributed by atoms with Crippen molar-refractivity contribution in [3.05, 3.63) is 87.6 Å². The average Bonchev–Trinajstić information content (AvgIpc) is 2.62. The number of carboxylic acid groups (broad SMARTS) is 1. The zero-order chi connectivity index (χ0) is 19.4. The van der Waals surface area contributed by atoms with Crippen LogP contribution in [0.4, 0.5) is 14.9 Å². The molecule has 1 heterocycles. The summed E-state index contributed by atoms with van der Waals surface area (Å²) in [5.74, 6) is -0.585. The highest BCUT2D eigenvalue weighted by Crippen LogP contribution is 2.15. The summed E-state index contributed by atoms with van der Waals surface area (Å²) in [5, 5.41) is 24.2. The van der Waals surface area contributed by atoms with E-state index in [9.17, 15) is 14.0 Å². The molecule has 1 aromatic heterocycles. The second kappa shape index (κ2) is 7.49.